The summed E-state index contributed by atoms with van der Waals surface area (Å²) < 4.78 is 0. The van der Waals surface area contributed by atoms with Crippen LogP contribution in [0.3, 0.4) is 0 Å². The Morgan fingerprint density at radius 1 is 0.893 bits per heavy atom. The van der Waals surface area contributed by atoms with E-state index in [2.05, 4.69) is 10.6 Å². The van der Waals surface area contributed by atoms with E-state index in [9.17, 15) is 24.0 Å². The lowest BCUT2D eigenvalue weighted by atomic mass is 10.0. The fourth-order valence-electron chi connectivity index (χ4n) is 1.99. The Morgan fingerprint density at radius 3 is 1.86 bits per heavy atom. The van der Waals surface area contributed by atoms with Gasteiger partial charge in [0.1, 0.15) is 18.1 Å². The summed E-state index contributed by atoms with van der Waals surface area (Å²) in [6, 6.07) is -4.76. The smallest absolute Gasteiger partial charge is 0.328 e. The van der Waals surface area contributed by atoms with Crippen LogP contribution in [0.2, 0.25) is 0 Å². The minimum atomic E-state index is -1.58. The van der Waals surface area contributed by atoms with Crippen molar-refractivity contribution in [3.05, 3.63) is 0 Å². The highest BCUT2D eigenvalue weighted by Gasteiger charge is 2.29. The van der Waals surface area contributed by atoms with E-state index in [1.807, 2.05) is 5.32 Å². The van der Waals surface area contributed by atoms with Gasteiger partial charge in [-0.05, 0) is 19.3 Å². The molecule has 0 fully saturated rings. The molecule has 0 heterocycles. The first-order valence-electron chi connectivity index (χ1n) is 8.69. The molecule has 4 atom stereocenters. The highest BCUT2D eigenvalue weighted by atomic mass is 16.4. The molecule has 0 bridgehead atoms. The van der Waals surface area contributed by atoms with Gasteiger partial charge in [0.15, 0.2) is 0 Å². The van der Waals surface area contributed by atoms with Crippen molar-refractivity contribution in [3.8, 4) is 0 Å². The van der Waals surface area contributed by atoms with Crippen molar-refractivity contribution < 1.29 is 34.2 Å². The number of carbonyl (C=O) groups is 5. The highest BCUT2D eigenvalue weighted by molar-refractivity contribution is 5.94. The largest absolute Gasteiger partial charge is 0.480 e. The van der Waals surface area contributed by atoms with Crippen LogP contribution in [0.25, 0.3) is 0 Å². The number of aliphatic hydroxyl groups excluding tert-OH is 1. The molecule has 0 saturated heterocycles. The predicted octanol–water partition coefficient (Wildman–Crippen LogP) is -3.21. The molecule has 0 rings (SSSR count). The summed E-state index contributed by atoms with van der Waals surface area (Å²) in [5.41, 5.74) is 10.7. The highest BCUT2D eigenvalue weighted by Crippen LogP contribution is 2.02. The molecule has 28 heavy (non-hydrogen) atoms. The van der Waals surface area contributed by atoms with E-state index in [0.717, 1.165) is 0 Å². The topological polar surface area (TPSA) is 214 Å². The van der Waals surface area contributed by atoms with E-state index in [0.29, 0.717) is 0 Å². The van der Waals surface area contributed by atoms with Crippen LogP contribution in [0.15, 0.2) is 0 Å². The van der Waals surface area contributed by atoms with Crippen LogP contribution in [0.5, 0.6) is 0 Å². The molecule has 12 nitrogen and oxygen atoms in total. The summed E-state index contributed by atoms with van der Waals surface area (Å²) in [6.07, 6.45) is -0.453. The SMILES string of the molecule is CC(C)[C@H](N)C(=O)N[C@@H](C)C(=O)N[C@@H](CCC(N)=O)C(=O)N[C@@H](CO)C(=O)O. The lowest BCUT2D eigenvalue weighted by Gasteiger charge is -2.23. The zero-order valence-corrected chi connectivity index (χ0v) is 16.1. The number of aliphatic carboxylic acids is 1. The Bertz CT molecular complexity index is 596. The number of carbonyl (C=O) groups excluding carboxylic acids is 4. The molecule has 0 aromatic heterocycles. The van der Waals surface area contributed by atoms with Crippen molar-refractivity contribution >= 4 is 29.6 Å². The maximum Gasteiger partial charge on any atom is 0.328 e. The maximum absolute atomic E-state index is 12.3. The normalized spacial score (nSPS) is 15.1. The van der Waals surface area contributed by atoms with Crippen LogP contribution in [-0.4, -0.2) is 70.6 Å². The first-order valence-corrected chi connectivity index (χ1v) is 8.69. The van der Waals surface area contributed by atoms with Crippen LogP contribution in [0, 0.1) is 5.92 Å². The second-order valence-corrected chi connectivity index (χ2v) is 6.65. The van der Waals surface area contributed by atoms with E-state index in [4.69, 9.17) is 21.7 Å². The fourth-order valence-corrected chi connectivity index (χ4v) is 1.99. The molecular weight excluding hydrogens is 374 g/mol. The van der Waals surface area contributed by atoms with Crippen molar-refractivity contribution in [2.45, 2.75) is 57.8 Å². The third-order valence-corrected chi connectivity index (χ3v) is 3.88. The van der Waals surface area contributed by atoms with Gasteiger partial charge in [-0.1, -0.05) is 13.8 Å². The summed E-state index contributed by atoms with van der Waals surface area (Å²) >= 11 is 0. The third-order valence-electron chi connectivity index (χ3n) is 3.88. The molecule has 0 aromatic carbocycles. The molecule has 0 aliphatic carbocycles. The quantitative estimate of drug-likeness (QED) is 0.175. The Kier molecular flexibility index (Phi) is 10.7. The average Bonchev–Trinajstić information content (AvgIpc) is 2.60. The minimum Gasteiger partial charge on any atom is -0.480 e. The van der Waals surface area contributed by atoms with E-state index in [1.165, 1.54) is 6.92 Å². The molecule has 0 aliphatic rings. The molecule has 4 amide bonds. The molecule has 0 spiro atoms. The number of aliphatic hydroxyl groups is 1. The number of primary amides is 1. The molecule has 12 heteroatoms. The Hall–Kier alpha value is -2.73. The summed E-state index contributed by atoms with van der Waals surface area (Å²) in [6.45, 7) is 3.98. The Labute approximate surface area is 162 Å². The van der Waals surface area contributed by atoms with Gasteiger partial charge in [-0.15, -0.1) is 0 Å². The van der Waals surface area contributed by atoms with E-state index in [1.54, 1.807) is 13.8 Å². The summed E-state index contributed by atoms with van der Waals surface area (Å²) in [7, 11) is 0. The first kappa shape index (κ1) is 25.3. The lowest BCUT2D eigenvalue weighted by Crippen LogP contribution is -2.57. The Balaban J connectivity index is 5.08. The Morgan fingerprint density at radius 2 is 1.43 bits per heavy atom. The lowest BCUT2D eigenvalue weighted by molar-refractivity contribution is -0.143. The van der Waals surface area contributed by atoms with Gasteiger partial charge >= 0.3 is 5.97 Å². The predicted molar refractivity (Wildman–Crippen MR) is 97.4 cm³/mol. The number of amides is 4. The van der Waals surface area contributed by atoms with Crippen LogP contribution < -0.4 is 27.4 Å². The molecule has 0 saturated carbocycles. The molecule has 0 aliphatic heterocycles. The molecule has 0 unspecified atom stereocenters. The molecule has 9 N–H and O–H groups in total. The molecular formula is C16H29N5O7. The number of nitrogens with two attached hydrogens (primary N) is 2. The van der Waals surface area contributed by atoms with Gasteiger partial charge in [-0.25, -0.2) is 4.79 Å². The molecule has 160 valence electrons. The monoisotopic (exact) mass is 403 g/mol. The van der Waals surface area contributed by atoms with Crippen molar-refractivity contribution in [1.29, 1.82) is 0 Å². The van der Waals surface area contributed by atoms with Crippen molar-refractivity contribution in [3.63, 3.8) is 0 Å². The van der Waals surface area contributed by atoms with Crippen molar-refractivity contribution in [2.75, 3.05) is 6.61 Å². The van der Waals surface area contributed by atoms with Crippen molar-refractivity contribution in [1.82, 2.24) is 16.0 Å². The maximum atomic E-state index is 12.3. The fraction of sp³-hybridized carbons (Fsp3) is 0.688. The number of carboxylic acids is 1. The van der Waals surface area contributed by atoms with Gasteiger partial charge < -0.3 is 37.6 Å². The number of hydrogen-bond acceptors (Lipinski definition) is 7. The van der Waals surface area contributed by atoms with Gasteiger partial charge in [0.25, 0.3) is 0 Å². The van der Waals surface area contributed by atoms with Crippen LogP contribution in [0.1, 0.15) is 33.6 Å². The van der Waals surface area contributed by atoms with Gasteiger partial charge in [0.05, 0.1) is 12.6 Å². The first-order chi connectivity index (χ1) is 12.9. The number of nitrogens with one attached hydrogen (secondary N) is 3. The van der Waals surface area contributed by atoms with Crippen LogP contribution in [-0.2, 0) is 24.0 Å². The van der Waals surface area contributed by atoms with Gasteiger partial charge in [-0.2, -0.15) is 0 Å². The van der Waals surface area contributed by atoms with Gasteiger partial charge in [0, 0.05) is 6.42 Å². The third kappa shape index (κ3) is 8.77. The zero-order chi connectivity index (χ0) is 22.0. The second kappa shape index (κ2) is 11.9. The van der Waals surface area contributed by atoms with Crippen molar-refractivity contribution in [2.24, 2.45) is 17.4 Å². The summed E-state index contributed by atoms with van der Waals surface area (Å²) in [5.74, 6) is -4.58. The van der Waals surface area contributed by atoms with Gasteiger partial charge in [-0.3, -0.25) is 19.2 Å². The number of carboxylic acid groups (broad SMARTS) is 1. The average molecular weight is 403 g/mol. The minimum absolute atomic E-state index is 0.157. The number of rotatable bonds is 12. The summed E-state index contributed by atoms with van der Waals surface area (Å²) in [4.78, 5) is 58.4. The number of hydrogen-bond donors (Lipinski definition) is 7. The van der Waals surface area contributed by atoms with Gasteiger partial charge in [0.2, 0.25) is 23.6 Å². The standard InChI is InChI=1S/C16H29N5O7/c1-7(2)12(18)15(26)19-8(3)13(24)20-9(4-5-11(17)23)14(25)21-10(6-22)16(27)28/h7-10,12,22H,4-6,18H2,1-3H3,(H2,17,23)(H,19,26)(H,20,24)(H,21,25)(H,27,28)/t8-,9-,10-,12-/m0/s1. The van der Waals surface area contributed by atoms with E-state index in [-0.39, 0.29) is 18.8 Å². The zero-order valence-electron chi connectivity index (χ0n) is 16.1. The van der Waals surface area contributed by atoms with Crippen LogP contribution in [0.4, 0.5) is 0 Å². The molecule has 0 aromatic rings. The molecule has 0 radical (unpaired) electrons. The van der Waals surface area contributed by atoms with E-state index < -0.39 is 60.4 Å². The second-order valence-electron chi connectivity index (χ2n) is 6.65. The van der Waals surface area contributed by atoms with Crippen LogP contribution >= 0.6 is 0 Å². The summed E-state index contributed by atoms with van der Waals surface area (Å²) in [5, 5.41) is 24.7. The van der Waals surface area contributed by atoms with E-state index >= 15 is 0 Å².